The first kappa shape index (κ1) is 13.2. The van der Waals surface area contributed by atoms with Crippen LogP contribution in [0, 0.1) is 11.3 Å². The van der Waals surface area contributed by atoms with Gasteiger partial charge in [-0.15, -0.1) is 0 Å². The van der Waals surface area contributed by atoms with E-state index in [-0.39, 0.29) is 9.76 Å². The van der Waals surface area contributed by atoms with Crippen LogP contribution in [0.5, 0.6) is 0 Å². The third-order valence-corrected chi connectivity index (χ3v) is 4.54. The highest BCUT2D eigenvalue weighted by atomic mass is 28.2. The second-order valence-electron chi connectivity index (χ2n) is 6.20. The molecule has 1 nitrogen and oxygen atoms in total. The van der Waals surface area contributed by atoms with Gasteiger partial charge >= 0.3 is 0 Å². The first-order valence-corrected chi connectivity index (χ1v) is 6.51. The van der Waals surface area contributed by atoms with Crippen molar-refractivity contribution in [3.63, 3.8) is 0 Å². The summed E-state index contributed by atoms with van der Waals surface area (Å²) in [6, 6.07) is 0. The van der Waals surface area contributed by atoms with Crippen molar-refractivity contribution in [3.05, 3.63) is 0 Å². The highest BCUT2D eigenvalue weighted by molar-refractivity contribution is 6.32. The molecule has 0 bridgehead atoms. The third kappa shape index (κ3) is 6.27. The average Bonchev–Trinajstić information content (AvgIpc) is 1.82. The Bertz CT molecular complexity index is 145. The first-order valence-electron chi connectivity index (χ1n) is 5.23. The van der Waals surface area contributed by atoms with Gasteiger partial charge in [0.2, 0.25) is 0 Å². The van der Waals surface area contributed by atoms with E-state index in [0.29, 0.717) is 10.5 Å². The normalized spacial score (nSPS) is 14.8. The van der Waals surface area contributed by atoms with Gasteiger partial charge in [-0.25, -0.2) is 0 Å². The smallest absolute Gasteiger partial charge is 0.167 e. The summed E-state index contributed by atoms with van der Waals surface area (Å²) in [5, 5.41) is 0.436. The summed E-state index contributed by atoms with van der Waals surface area (Å²) in [5.74, 6) is 0.735. The lowest BCUT2D eigenvalue weighted by Crippen LogP contribution is -2.25. The van der Waals surface area contributed by atoms with Crippen LogP contribution in [-0.2, 0) is 4.43 Å². The Kier molecular flexibility index (Phi) is 4.67. The lowest BCUT2D eigenvalue weighted by molar-refractivity contribution is 0.194. The van der Waals surface area contributed by atoms with E-state index >= 15 is 0 Å². The Balaban J connectivity index is 3.77. The van der Waals surface area contributed by atoms with Gasteiger partial charge in [0.25, 0.3) is 0 Å². The number of rotatable bonds is 4. The molecule has 0 heterocycles. The molecule has 0 fully saturated rings. The fourth-order valence-corrected chi connectivity index (χ4v) is 2.36. The Morgan fingerprint density at radius 3 is 1.85 bits per heavy atom. The highest BCUT2D eigenvalue weighted by Gasteiger charge is 2.24. The van der Waals surface area contributed by atoms with Crippen LogP contribution in [0.25, 0.3) is 0 Å². The molecule has 0 spiro atoms. The molecular weight excluding hydrogens is 176 g/mol. The van der Waals surface area contributed by atoms with Crippen LogP contribution in [0.4, 0.5) is 0 Å². The van der Waals surface area contributed by atoms with E-state index in [9.17, 15) is 0 Å². The molecular formula is C11H26OSi. The molecule has 2 heteroatoms. The van der Waals surface area contributed by atoms with Gasteiger partial charge in [0, 0.05) is 6.61 Å². The summed E-state index contributed by atoms with van der Waals surface area (Å²) >= 11 is 0. The van der Waals surface area contributed by atoms with Gasteiger partial charge in [0.1, 0.15) is 0 Å². The van der Waals surface area contributed by atoms with Crippen molar-refractivity contribution < 1.29 is 4.43 Å². The zero-order valence-electron chi connectivity index (χ0n) is 10.4. The first-order chi connectivity index (χ1) is 5.65. The average molecular weight is 202 g/mol. The Hall–Kier alpha value is 0.177. The van der Waals surface area contributed by atoms with Crippen molar-refractivity contribution >= 4 is 9.76 Å². The maximum atomic E-state index is 5.86. The van der Waals surface area contributed by atoms with Gasteiger partial charge in [0.15, 0.2) is 9.76 Å². The predicted molar refractivity (Wildman–Crippen MR) is 62.8 cm³/mol. The standard InChI is InChI=1S/C11H26OSi/c1-9(2)11(6,7)13-12-8-10(3,4)5/h9H,8,13H2,1-7H3. The monoisotopic (exact) mass is 202 g/mol. The zero-order chi connectivity index (χ0) is 10.7. The number of hydrogen-bond acceptors (Lipinski definition) is 1. The molecule has 0 N–H and O–H groups in total. The molecule has 0 saturated heterocycles. The van der Waals surface area contributed by atoms with E-state index in [1.165, 1.54) is 0 Å². The minimum absolute atomic E-state index is 0.320. The fraction of sp³-hybridized carbons (Fsp3) is 1.00. The Morgan fingerprint density at radius 2 is 1.54 bits per heavy atom. The van der Waals surface area contributed by atoms with Gasteiger partial charge in [-0.1, -0.05) is 48.5 Å². The summed E-state index contributed by atoms with van der Waals surface area (Å²) in [6.45, 7) is 16.8. The molecule has 0 rings (SSSR count). The minimum atomic E-state index is -0.388. The third-order valence-electron chi connectivity index (χ3n) is 2.57. The van der Waals surface area contributed by atoms with Gasteiger partial charge in [-0.05, 0) is 16.4 Å². The van der Waals surface area contributed by atoms with Gasteiger partial charge < -0.3 is 4.43 Å². The molecule has 0 aliphatic carbocycles. The molecule has 80 valence electrons. The maximum Gasteiger partial charge on any atom is 0.167 e. The van der Waals surface area contributed by atoms with Crippen LogP contribution in [0.1, 0.15) is 48.5 Å². The molecule has 0 saturated carbocycles. The zero-order valence-corrected chi connectivity index (χ0v) is 11.8. The molecule has 0 aromatic carbocycles. The molecule has 0 amide bonds. The van der Waals surface area contributed by atoms with Crippen molar-refractivity contribution in [1.29, 1.82) is 0 Å². The van der Waals surface area contributed by atoms with Crippen molar-refractivity contribution in [3.8, 4) is 0 Å². The summed E-state index contributed by atoms with van der Waals surface area (Å²) < 4.78 is 5.86. The summed E-state index contributed by atoms with van der Waals surface area (Å²) in [7, 11) is -0.388. The van der Waals surface area contributed by atoms with Crippen LogP contribution in [-0.4, -0.2) is 16.4 Å². The van der Waals surface area contributed by atoms with Crippen molar-refractivity contribution in [2.24, 2.45) is 11.3 Å². The Labute approximate surface area is 86.2 Å². The van der Waals surface area contributed by atoms with Gasteiger partial charge in [0.05, 0.1) is 0 Å². The highest BCUT2D eigenvalue weighted by Crippen LogP contribution is 2.33. The second kappa shape index (κ2) is 4.60. The molecule has 0 unspecified atom stereocenters. The number of hydrogen-bond donors (Lipinski definition) is 0. The quantitative estimate of drug-likeness (QED) is 0.637. The largest absolute Gasteiger partial charge is 0.423 e. The van der Waals surface area contributed by atoms with E-state index in [2.05, 4.69) is 48.5 Å². The molecule has 0 aromatic heterocycles. The lowest BCUT2D eigenvalue weighted by atomic mass is 9.99. The summed E-state index contributed by atoms with van der Waals surface area (Å²) in [5.41, 5.74) is 0.320. The summed E-state index contributed by atoms with van der Waals surface area (Å²) in [6.07, 6.45) is 0. The summed E-state index contributed by atoms with van der Waals surface area (Å²) in [4.78, 5) is 0. The molecule has 0 aliphatic rings. The SMILES string of the molecule is CC(C)C(C)(C)[SiH2]OCC(C)(C)C. The van der Waals surface area contributed by atoms with Crippen molar-refractivity contribution in [1.82, 2.24) is 0 Å². The van der Waals surface area contributed by atoms with E-state index in [4.69, 9.17) is 4.43 Å². The second-order valence-corrected chi connectivity index (χ2v) is 8.72. The fourth-order valence-electron chi connectivity index (χ4n) is 0.787. The maximum absolute atomic E-state index is 5.86. The predicted octanol–water partition coefficient (Wildman–Crippen LogP) is 2.99. The van der Waals surface area contributed by atoms with Crippen LogP contribution < -0.4 is 0 Å². The molecule has 0 atom stereocenters. The van der Waals surface area contributed by atoms with Crippen LogP contribution >= 0.6 is 0 Å². The Morgan fingerprint density at radius 1 is 1.08 bits per heavy atom. The van der Waals surface area contributed by atoms with Gasteiger partial charge in [-0.2, -0.15) is 0 Å². The molecule has 13 heavy (non-hydrogen) atoms. The molecule has 0 aliphatic heterocycles. The lowest BCUT2D eigenvalue weighted by Gasteiger charge is -2.30. The van der Waals surface area contributed by atoms with Crippen molar-refractivity contribution in [2.75, 3.05) is 6.61 Å². The molecule has 0 aromatic rings. The van der Waals surface area contributed by atoms with Crippen LogP contribution in [0.3, 0.4) is 0 Å². The van der Waals surface area contributed by atoms with E-state index in [0.717, 1.165) is 12.5 Å². The van der Waals surface area contributed by atoms with Crippen LogP contribution in [0.2, 0.25) is 5.04 Å². The van der Waals surface area contributed by atoms with E-state index < -0.39 is 0 Å². The van der Waals surface area contributed by atoms with E-state index in [1.54, 1.807) is 0 Å². The van der Waals surface area contributed by atoms with Crippen molar-refractivity contribution in [2.45, 2.75) is 53.5 Å². The minimum Gasteiger partial charge on any atom is -0.423 e. The topological polar surface area (TPSA) is 9.23 Å². The van der Waals surface area contributed by atoms with E-state index in [1.807, 2.05) is 0 Å². The molecule has 0 radical (unpaired) electrons. The van der Waals surface area contributed by atoms with Gasteiger partial charge in [-0.3, -0.25) is 0 Å². The van der Waals surface area contributed by atoms with Crippen LogP contribution in [0.15, 0.2) is 0 Å².